The molecule has 5 heteroatoms. The normalized spacial score (nSPS) is 20.5. The molecule has 27 heavy (non-hydrogen) atoms. The van der Waals surface area contributed by atoms with Crippen molar-refractivity contribution in [2.75, 3.05) is 39.3 Å². The smallest absolute Gasteiger partial charge is 0.234 e. The Labute approximate surface area is 160 Å². The van der Waals surface area contributed by atoms with Crippen LogP contribution < -0.4 is 10.1 Å². The van der Waals surface area contributed by atoms with Crippen molar-refractivity contribution in [2.24, 2.45) is 0 Å². The number of ether oxygens (including phenoxy) is 1. The number of hydrogen-bond donors (Lipinski definition) is 1. The molecule has 2 aliphatic rings. The first-order valence-corrected chi connectivity index (χ1v) is 9.78. The molecule has 0 saturated carbocycles. The van der Waals surface area contributed by atoms with Gasteiger partial charge in [0.15, 0.2) is 0 Å². The van der Waals surface area contributed by atoms with E-state index in [0.717, 1.165) is 50.5 Å². The summed E-state index contributed by atoms with van der Waals surface area (Å²) in [5.74, 6) is 0.997. The van der Waals surface area contributed by atoms with E-state index in [1.54, 1.807) is 0 Å². The minimum Gasteiger partial charge on any atom is -0.493 e. The molecule has 0 bridgehead atoms. The van der Waals surface area contributed by atoms with Crippen LogP contribution >= 0.6 is 0 Å². The number of carbonyl (C=O) groups excluding carboxylic acids is 1. The van der Waals surface area contributed by atoms with Gasteiger partial charge >= 0.3 is 0 Å². The van der Waals surface area contributed by atoms with Crippen molar-refractivity contribution in [1.82, 2.24) is 15.1 Å². The monoisotopic (exact) mass is 365 g/mol. The van der Waals surface area contributed by atoms with Crippen LogP contribution in [0, 0.1) is 0 Å². The van der Waals surface area contributed by atoms with E-state index in [-0.39, 0.29) is 11.9 Å². The van der Waals surface area contributed by atoms with Crippen LogP contribution in [0.2, 0.25) is 0 Å². The molecular formula is C22H27N3O2. The Hall–Kier alpha value is -2.37. The topological polar surface area (TPSA) is 44.8 Å². The van der Waals surface area contributed by atoms with Gasteiger partial charge in [0.05, 0.1) is 19.2 Å². The third-order valence-electron chi connectivity index (χ3n) is 5.37. The Bertz CT molecular complexity index is 757. The highest BCUT2D eigenvalue weighted by molar-refractivity contribution is 5.78. The van der Waals surface area contributed by atoms with Gasteiger partial charge in [-0.05, 0) is 11.6 Å². The summed E-state index contributed by atoms with van der Waals surface area (Å²) in [6.07, 6.45) is 0.827. The van der Waals surface area contributed by atoms with Crippen LogP contribution in [0.15, 0.2) is 54.6 Å². The Kier molecular flexibility index (Phi) is 5.70. The van der Waals surface area contributed by atoms with Gasteiger partial charge in [-0.25, -0.2) is 0 Å². The van der Waals surface area contributed by atoms with Crippen molar-refractivity contribution in [1.29, 1.82) is 0 Å². The molecule has 0 spiro atoms. The van der Waals surface area contributed by atoms with Crippen LogP contribution in [0.5, 0.6) is 5.75 Å². The number of amides is 1. The van der Waals surface area contributed by atoms with Crippen molar-refractivity contribution >= 4 is 5.91 Å². The molecule has 1 saturated heterocycles. The van der Waals surface area contributed by atoms with Gasteiger partial charge in [0, 0.05) is 44.7 Å². The lowest BCUT2D eigenvalue weighted by Gasteiger charge is -2.35. The zero-order chi connectivity index (χ0) is 18.5. The molecule has 1 fully saturated rings. The zero-order valence-electron chi connectivity index (χ0n) is 15.6. The highest BCUT2D eigenvalue weighted by atomic mass is 16.5. The summed E-state index contributed by atoms with van der Waals surface area (Å²) in [7, 11) is 0. The first-order chi connectivity index (χ1) is 13.3. The first-order valence-electron chi connectivity index (χ1n) is 9.78. The van der Waals surface area contributed by atoms with Crippen LogP contribution in [0.4, 0.5) is 0 Å². The molecule has 1 unspecified atom stereocenters. The van der Waals surface area contributed by atoms with E-state index < -0.39 is 0 Å². The van der Waals surface area contributed by atoms with Crippen molar-refractivity contribution in [3.63, 3.8) is 0 Å². The molecule has 0 aliphatic carbocycles. The average Bonchev–Trinajstić information content (AvgIpc) is 2.71. The summed E-state index contributed by atoms with van der Waals surface area (Å²) >= 11 is 0. The van der Waals surface area contributed by atoms with Gasteiger partial charge in [0.25, 0.3) is 0 Å². The Morgan fingerprint density at radius 1 is 0.963 bits per heavy atom. The molecule has 0 radical (unpaired) electrons. The first kappa shape index (κ1) is 18.0. The molecule has 1 atom stereocenters. The van der Waals surface area contributed by atoms with Crippen LogP contribution in [-0.4, -0.2) is 55.0 Å². The maximum atomic E-state index is 12.6. The van der Waals surface area contributed by atoms with Crippen molar-refractivity contribution in [3.05, 3.63) is 65.7 Å². The minimum absolute atomic E-state index is 0.0572. The molecule has 5 nitrogen and oxygen atoms in total. The molecule has 2 aromatic carbocycles. The van der Waals surface area contributed by atoms with Crippen molar-refractivity contribution in [3.8, 4) is 5.75 Å². The summed E-state index contributed by atoms with van der Waals surface area (Å²) in [5.41, 5.74) is 2.44. The molecular weight excluding hydrogens is 338 g/mol. The summed E-state index contributed by atoms with van der Waals surface area (Å²) in [6.45, 7) is 5.98. The van der Waals surface area contributed by atoms with E-state index in [2.05, 4.69) is 45.4 Å². The SMILES string of the molecule is O=C(CN1CCN(Cc2ccccc2)CC1)NC1CCOc2ccccc21. The van der Waals surface area contributed by atoms with E-state index >= 15 is 0 Å². The molecule has 2 aromatic rings. The van der Waals surface area contributed by atoms with E-state index in [1.165, 1.54) is 5.56 Å². The molecule has 1 N–H and O–H groups in total. The van der Waals surface area contributed by atoms with Gasteiger partial charge in [-0.2, -0.15) is 0 Å². The second-order valence-corrected chi connectivity index (χ2v) is 7.33. The maximum absolute atomic E-state index is 12.6. The Balaban J connectivity index is 1.24. The van der Waals surface area contributed by atoms with Crippen LogP contribution in [-0.2, 0) is 11.3 Å². The standard InChI is InChI=1S/C22H27N3O2/c26-22(23-20-10-15-27-21-9-5-4-8-19(20)21)17-25-13-11-24(12-14-25)16-18-6-2-1-3-7-18/h1-9,20H,10-17H2,(H,23,26). The second kappa shape index (κ2) is 8.55. The number of hydrogen-bond acceptors (Lipinski definition) is 4. The van der Waals surface area contributed by atoms with E-state index in [1.807, 2.05) is 24.3 Å². The Morgan fingerprint density at radius 2 is 1.67 bits per heavy atom. The molecule has 1 amide bonds. The van der Waals surface area contributed by atoms with Crippen molar-refractivity contribution < 1.29 is 9.53 Å². The van der Waals surface area contributed by atoms with Gasteiger partial charge in [-0.1, -0.05) is 48.5 Å². The summed E-state index contributed by atoms with van der Waals surface area (Å²) in [4.78, 5) is 17.3. The average molecular weight is 365 g/mol. The fourth-order valence-electron chi connectivity index (χ4n) is 3.88. The summed E-state index contributed by atoms with van der Waals surface area (Å²) < 4.78 is 5.68. The molecule has 2 heterocycles. The third kappa shape index (κ3) is 4.67. The lowest BCUT2D eigenvalue weighted by molar-refractivity contribution is -0.123. The van der Waals surface area contributed by atoms with Gasteiger partial charge < -0.3 is 10.1 Å². The quantitative estimate of drug-likeness (QED) is 0.884. The number of para-hydroxylation sites is 1. The van der Waals surface area contributed by atoms with Gasteiger partial charge in [0.1, 0.15) is 5.75 Å². The number of nitrogens with zero attached hydrogens (tertiary/aromatic N) is 2. The number of carbonyl (C=O) groups is 1. The van der Waals surface area contributed by atoms with Crippen LogP contribution in [0.25, 0.3) is 0 Å². The zero-order valence-corrected chi connectivity index (χ0v) is 15.6. The van der Waals surface area contributed by atoms with Gasteiger partial charge in [-0.15, -0.1) is 0 Å². The second-order valence-electron chi connectivity index (χ2n) is 7.33. The lowest BCUT2D eigenvalue weighted by Crippen LogP contribution is -2.49. The van der Waals surface area contributed by atoms with E-state index in [0.29, 0.717) is 13.2 Å². The molecule has 0 aromatic heterocycles. The van der Waals surface area contributed by atoms with Crippen LogP contribution in [0.1, 0.15) is 23.6 Å². The molecule has 142 valence electrons. The lowest BCUT2D eigenvalue weighted by atomic mass is 10.0. The van der Waals surface area contributed by atoms with E-state index in [9.17, 15) is 4.79 Å². The highest BCUT2D eigenvalue weighted by Crippen LogP contribution is 2.31. The van der Waals surface area contributed by atoms with Crippen molar-refractivity contribution in [2.45, 2.75) is 19.0 Å². The van der Waals surface area contributed by atoms with Gasteiger partial charge in [0.2, 0.25) is 5.91 Å². The van der Waals surface area contributed by atoms with Gasteiger partial charge in [-0.3, -0.25) is 14.6 Å². The number of fused-ring (bicyclic) bond motifs is 1. The molecule has 4 rings (SSSR count). The number of benzene rings is 2. The number of piperazine rings is 1. The predicted octanol–water partition coefficient (Wildman–Crippen LogP) is 2.44. The number of rotatable bonds is 5. The van der Waals surface area contributed by atoms with E-state index in [4.69, 9.17) is 4.74 Å². The summed E-state index contributed by atoms with van der Waals surface area (Å²) in [5, 5.41) is 3.20. The largest absolute Gasteiger partial charge is 0.493 e. The fourth-order valence-corrected chi connectivity index (χ4v) is 3.88. The maximum Gasteiger partial charge on any atom is 0.234 e. The fraction of sp³-hybridized carbons (Fsp3) is 0.409. The van der Waals surface area contributed by atoms with Crippen LogP contribution in [0.3, 0.4) is 0 Å². The third-order valence-corrected chi connectivity index (χ3v) is 5.37. The minimum atomic E-state index is 0.0572. The highest BCUT2D eigenvalue weighted by Gasteiger charge is 2.24. The molecule has 2 aliphatic heterocycles. The Morgan fingerprint density at radius 3 is 2.48 bits per heavy atom. The summed E-state index contributed by atoms with van der Waals surface area (Å²) in [6, 6.07) is 18.6. The predicted molar refractivity (Wildman–Crippen MR) is 106 cm³/mol. The number of nitrogens with one attached hydrogen (secondary N) is 1.